The summed E-state index contributed by atoms with van der Waals surface area (Å²) in [6, 6.07) is 7.66. The number of aromatic nitrogens is 2. The van der Waals surface area contributed by atoms with Crippen molar-refractivity contribution in [3.63, 3.8) is 0 Å². The first-order valence-corrected chi connectivity index (χ1v) is 6.18. The van der Waals surface area contributed by atoms with Crippen LogP contribution in [-0.4, -0.2) is 9.97 Å². The van der Waals surface area contributed by atoms with E-state index in [0.717, 1.165) is 16.2 Å². The molecule has 2 aromatic rings. The van der Waals surface area contributed by atoms with E-state index in [1.54, 1.807) is 0 Å². The Hall–Kier alpha value is -1.00. The minimum atomic E-state index is -0.440. The van der Waals surface area contributed by atoms with Gasteiger partial charge in [0, 0.05) is 10.4 Å². The molecule has 17 heavy (non-hydrogen) atoms. The predicted molar refractivity (Wildman–Crippen MR) is 68.7 cm³/mol. The molecule has 88 valence electrons. The quantitative estimate of drug-likeness (QED) is 0.777. The molecule has 5 heteroatoms. The molecule has 1 unspecified atom stereocenters. The molecule has 0 saturated carbocycles. The van der Waals surface area contributed by atoms with Crippen LogP contribution in [0.1, 0.15) is 24.1 Å². The molecule has 0 N–H and O–H groups in total. The van der Waals surface area contributed by atoms with E-state index in [0.29, 0.717) is 5.69 Å². The van der Waals surface area contributed by atoms with Crippen molar-refractivity contribution in [1.29, 1.82) is 0 Å². The molecule has 0 aliphatic heterocycles. The van der Waals surface area contributed by atoms with Gasteiger partial charge < -0.3 is 0 Å². The van der Waals surface area contributed by atoms with E-state index in [2.05, 4.69) is 25.9 Å². The van der Waals surface area contributed by atoms with E-state index < -0.39 is 5.82 Å². The van der Waals surface area contributed by atoms with E-state index in [-0.39, 0.29) is 11.2 Å². The lowest BCUT2D eigenvalue weighted by Gasteiger charge is -2.12. The minimum Gasteiger partial charge on any atom is -0.223 e. The first kappa shape index (κ1) is 12.5. The van der Waals surface area contributed by atoms with Gasteiger partial charge in [-0.25, -0.2) is 14.4 Å². The molecule has 0 aliphatic carbocycles. The van der Waals surface area contributed by atoms with Crippen LogP contribution in [0.3, 0.4) is 0 Å². The number of hydrogen-bond donors (Lipinski definition) is 0. The van der Waals surface area contributed by atoms with Gasteiger partial charge in [-0.1, -0.05) is 35.0 Å². The Morgan fingerprint density at radius 3 is 2.59 bits per heavy atom. The van der Waals surface area contributed by atoms with Gasteiger partial charge in [-0.05, 0) is 29.3 Å². The molecular formula is C12H9BrClFN2. The van der Waals surface area contributed by atoms with E-state index in [1.165, 1.54) is 0 Å². The third-order valence-corrected chi connectivity index (χ3v) is 3.23. The monoisotopic (exact) mass is 314 g/mol. The molecule has 0 aliphatic rings. The summed E-state index contributed by atoms with van der Waals surface area (Å²) in [7, 11) is 0. The van der Waals surface area contributed by atoms with Crippen molar-refractivity contribution in [1.82, 2.24) is 9.97 Å². The fraction of sp³-hybridized carbons (Fsp3) is 0.167. The van der Waals surface area contributed by atoms with Crippen LogP contribution in [0.5, 0.6) is 0 Å². The van der Waals surface area contributed by atoms with E-state index in [4.69, 9.17) is 11.6 Å². The minimum absolute atomic E-state index is 0.0605. The summed E-state index contributed by atoms with van der Waals surface area (Å²) < 4.78 is 14.6. The average molecular weight is 316 g/mol. The van der Waals surface area contributed by atoms with E-state index >= 15 is 0 Å². The Morgan fingerprint density at radius 2 is 1.94 bits per heavy atom. The van der Waals surface area contributed by atoms with Crippen molar-refractivity contribution in [3.8, 4) is 0 Å². The van der Waals surface area contributed by atoms with Crippen molar-refractivity contribution < 1.29 is 4.39 Å². The Kier molecular flexibility index (Phi) is 3.74. The number of rotatable bonds is 2. The van der Waals surface area contributed by atoms with Gasteiger partial charge in [0.15, 0.2) is 5.82 Å². The molecule has 2 nitrogen and oxygen atoms in total. The molecule has 1 aromatic carbocycles. The van der Waals surface area contributed by atoms with Crippen molar-refractivity contribution in [3.05, 3.63) is 57.3 Å². The normalized spacial score (nSPS) is 12.5. The Labute approximate surface area is 112 Å². The van der Waals surface area contributed by atoms with Crippen LogP contribution < -0.4 is 0 Å². The highest BCUT2D eigenvalue weighted by Crippen LogP contribution is 2.26. The molecule has 0 saturated heterocycles. The second-order valence-electron chi connectivity index (χ2n) is 3.65. The summed E-state index contributed by atoms with van der Waals surface area (Å²) in [6.45, 7) is 1.88. The van der Waals surface area contributed by atoms with E-state index in [1.807, 2.05) is 31.2 Å². The van der Waals surface area contributed by atoms with Crippen LogP contribution in [0.15, 0.2) is 34.9 Å². The first-order valence-electron chi connectivity index (χ1n) is 5.01. The number of nitrogens with zero attached hydrogens (tertiary/aromatic N) is 2. The maximum absolute atomic E-state index is 13.6. The van der Waals surface area contributed by atoms with Crippen LogP contribution in [0.4, 0.5) is 4.39 Å². The van der Waals surface area contributed by atoms with Gasteiger partial charge >= 0.3 is 0 Å². The van der Waals surface area contributed by atoms with Gasteiger partial charge in [0.25, 0.3) is 0 Å². The van der Waals surface area contributed by atoms with Crippen LogP contribution in [0.2, 0.25) is 5.28 Å². The summed E-state index contributed by atoms with van der Waals surface area (Å²) in [5, 5.41) is 0.0605. The summed E-state index contributed by atoms with van der Waals surface area (Å²) in [6.07, 6.45) is 1.10. The lowest BCUT2D eigenvalue weighted by Crippen LogP contribution is -2.04. The molecule has 0 spiro atoms. The van der Waals surface area contributed by atoms with Crippen LogP contribution in [-0.2, 0) is 0 Å². The smallest absolute Gasteiger partial charge is 0.222 e. The van der Waals surface area contributed by atoms with Crippen molar-refractivity contribution in [2.75, 3.05) is 0 Å². The van der Waals surface area contributed by atoms with Crippen molar-refractivity contribution in [2.24, 2.45) is 0 Å². The summed E-state index contributed by atoms with van der Waals surface area (Å²) in [5.41, 5.74) is 1.29. The molecule has 1 aromatic heterocycles. The molecule has 1 heterocycles. The van der Waals surface area contributed by atoms with Crippen LogP contribution in [0, 0.1) is 5.82 Å². The molecule has 0 radical (unpaired) electrons. The lowest BCUT2D eigenvalue weighted by molar-refractivity contribution is 0.582. The molecule has 2 rings (SSSR count). The summed E-state index contributed by atoms with van der Waals surface area (Å²) in [4.78, 5) is 7.54. The number of hydrogen-bond acceptors (Lipinski definition) is 2. The fourth-order valence-electron chi connectivity index (χ4n) is 1.57. The maximum Gasteiger partial charge on any atom is 0.222 e. The zero-order valence-corrected chi connectivity index (χ0v) is 11.3. The Bertz CT molecular complexity index is 531. The second-order valence-corrected chi connectivity index (χ2v) is 4.90. The van der Waals surface area contributed by atoms with Gasteiger partial charge in [0.2, 0.25) is 5.28 Å². The molecule has 0 amide bonds. The topological polar surface area (TPSA) is 25.8 Å². The molecule has 0 fully saturated rings. The zero-order valence-electron chi connectivity index (χ0n) is 8.99. The van der Waals surface area contributed by atoms with Gasteiger partial charge in [0.1, 0.15) is 0 Å². The van der Waals surface area contributed by atoms with Gasteiger partial charge in [0.05, 0.1) is 11.9 Å². The predicted octanol–water partition coefficient (Wildman–Crippen LogP) is 4.18. The highest BCUT2D eigenvalue weighted by atomic mass is 79.9. The first-order chi connectivity index (χ1) is 8.08. The summed E-state index contributed by atoms with van der Waals surface area (Å²) >= 11 is 9.03. The van der Waals surface area contributed by atoms with Crippen molar-refractivity contribution in [2.45, 2.75) is 12.8 Å². The highest BCUT2D eigenvalue weighted by molar-refractivity contribution is 9.10. The zero-order chi connectivity index (χ0) is 12.4. The molecule has 0 bridgehead atoms. The van der Waals surface area contributed by atoms with E-state index in [9.17, 15) is 4.39 Å². The van der Waals surface area contributed by atoms with Gasteiger partial charge in [-0.3, -0.25) is 0 Å². The van der Waals surface area contributed by atoms with Crippen LogP contribution in [0.25, 0.3) is 0 Å². The number of halogens is 3. The van der Waals surface area contributed by atoms with Crippen molar-refractivity contribution >= 4 is 27.5 Å². The third kappa shape index (κ3) is 2.82. The Balaban J connectivity index is 2.39. The molecule has 1 atom stereocenters. The van der Waals surface area contributed by atoms with Gasteiger partial charge in [-0.2, -0.15) is 0 Å². The lowest BCUT2D eigenvalue weighted by atomic mass is 9.97. The highest BCUT2D eigenvalue weighted by Gasteiger charge is 2.15. The third-order valence-electron chi connectivity index (χ3n) is 2.52. The largest absolute Gasteiger partial charge is 0.223 e. The maximum atomic E-state index is 13.6. The Morgan fingerprint density at radius 1 is 1.29 bits per heavy atom. The van der Waals surface area contributed by atoms with Gasteiger partial charge in [-0.15, -0.1) is 0 Å². The fourth-order valence-corrected chi connectivity index (χ4v) is 1.97. The number of benzene rings is 1. The summed E-state index contributed by atoms with van der Waals surface area (Å²) in [5.74, 6) is -0.603. The SMILES string of the molecule is CC(c1ccc(Br)cc1)c1nc(Cl)ncc1F. The second kappa shape index (κ2) is 5.10. The van der Waals surface area contributed by atoms with Crippen LogP contribution >= 0.6 is 27.5 Å². The standard InChI is InChI=1S/C12H9BrClFN2/c1-7(8-2-4-9(13)5-3-8)11-10(15)6-16-12(14)17-11/h2-7H,1H3. The average Bonchev–Trinajstić information content (AvgIpc) is 2.32. The molecular weight excluding hydrogens is 307 g/mol.